The molecule has 0 radical (unpaired) electrons. The van der Waals surface area contributed by atoms with Crippen LogP contribution in [0.4, 0.5) is 0 Å². The number of rotatable bonds is 3. The van der Waals surface area contributed by atoms with Crippen LogP contribution in [0, 0.1) is 13.8 Å². The van der Waals surface area contributed by atoms with Crippen LogP contribution in [0.2, 0.25) is 0 Å². The molecule has 0 saturated heterocycles. The van der Waals surface area contributed by atoms with Gasteiger partial charge in [-0.1, -0.05) is 6.07 Å². The van der Waals surface area contributed by atoms with Crippen LogP contribution in [0.1, 0.15) is 37.6 Å². The van der Waals surface area contributed by atoms with E-state index >= 15 is 0 Å². The molecule has 0 aliphatic carbocycles. The van der Waals surface area contributed by atoms with Crippen LogP contribution in [0.3, 0.4) is 0 Å². The van der Waals surface area contributed by atoms with E-state index < -0.39 is 0 Å². The highest BCUT2D eigenvalue weighted by Gasteiger charge is 2.10. The van der Waals surface area contributed by atoms with Gasteiger partial charge in [0.25, 0.3) is 0 Å². The molecule has 2 rings (SSSR count). The molecule has 0 aromatic carbocycles. The molecule has 0 unspecified atom stereocenters. The summed E-state index contributed by atoms with van der Waals surface area (Å²) in [6.07, 6.45) is 3.82. The molecule has 4 heteroatoms. The number of aromatic nitrogens is 3. The minimum Gasteiger partial charge on any atom is -0.308 e. The largest absolute Gasteiger partial charge is 0.308 e. The average Bonchev–Trinajstić information content (AvgIpc) is 2.73. The molecular weight excluding hydrogens is 236 g/mol. The normalized spacial score (nSPS) is 11.8. The molecule has 0 aliphatic rings. The zero-order valence-corrected chi connectivity index (χ0v) is 12.4. The van der Waals surface area contributed by atoms with Gasteiger partial charge < -0.3 is 5.32 Å². The highest BCUT2D eigenvalue weighted by atomic mass is 15.3. The quantitative estimate of drug-likeness (QED) is 0.920. The number of aryl methyl sites for hydroxylation is 2. The summed E-state index contributed by atoms with van der Waals surface area (Å²) in [6, 6.07) is 4.13. The van der Waals surface area contributed by atoms with Crippen LogP contribution in [0.5, 0.6) is 0 Å². The highest BCUT2D eigenvalue weighted by Crippen LogP contribution is 2.12. The molecule has 2 aromatic heterocycles. The number of hydrogen-bond acceptors (Lipinski definition) is 3. The molecular formula is C15H22N4. The van der Waals surface area contributed by atoms with Crippen molar-refractivity contribution in [3.05, 3.63) is 41.3 Å². The van der Waals surface area contributed by atoms with E-state index in [0.29, 0.717) is 0 Å². The van der Waals surface area contributed by atoms with Gasteiger partial charge in [0, 0.05) is 24.0 Å². The minimum atomic E-state index is 0.115. The van der Waals surface area contributed by atoms with Gasteiger partial charge in [-0.05, 0) is 51.8 Å². The van der Waals surface area contributed by atoms with Crippen LogP contribution < -0.4 is 5.32 Å². The molecule has 0 spiro atoms. The average molecular weight is 258 g/mol. The molecule has 0 bridgehead atoms. The van der Waals surface area contributed by atoms with Crippen molar-refractivity contribution in [2.24, 2.45) is 0 Å². The maximum Gasteiger partial charge on any atom is 0.153 e. The molecule has 0 saturated carbocycles. The molecule has 4 nitrogen and oxygen atoms in total. The SMILES string of the molecule is Cc1cnn(-c2ccc(CNC(C)(C)C)c(C)n2)c1. The molecule has 0 atom stereocenters. The monoisotopic (exact) mass is 258 g/mol. The summed E-state index contributed by atoms with van der Waals surface area (Å²) < 4.78 is 1.81. The summed E-state index contributed by atoms with van der Waals surface area (Å²) >= 11 is 0. The van der Waals surface area contributed by atoms with Crippen LogP contribution in [-0.2, 0) is 6.54 Å². The van der Waals surface area contributed by atoms with E-state index in [4.69, 9.17) is 0 Å². The molecule has 0 fully saturated rings. The Hall–Kier alpha value is -1.68. The van der Waals surface area contributed by atoms with Crippen LogP contribution in [0.15, 0.2) is 24.5 Å². The standard InChI is InChI=1S/C15H22N4/c1-11-8-17-19(10-11)14-7-6-13(12(2)18-14)9-16-15(3,4)5/h6-8,10,16H,9H2,1-5H3. The molecule has 2 heterocycles. The van der Waals surface area contributed by atoms with Gasteiger partial charge >= 0.3 is 0 Å². The molecule has 19 heavy (non-hydrogen) atoms. The van der Waals surface area contributed by atoms with Crippen molar-refractivity contribution in [1.29, 1.82) is 0 Å². The van der Waals surface area contributed by atoms with E-state index in [0.717, 1.165) is 23.6 Å². The van der Waals surface area contributed by atoms with Gasteiger partial charge in [-0.15, -0.1) is 0 Å². The number of nitrogens with one attached hydrogen (secondary N) is 1. The van der Waals surface area contributed by atoms with Gasteiger partial charge in [0.15, 0.2) is 5.82 Å². The fraction of sp³-hybridized carbons (Fsp3) is 0.467. The van der Waals surface area contributed by atoms with Crippen molar-refractivity contribution in [2.45, 2.75) is 46.7 Å². The molecule has 102 valence electrons. The fourth-order valence-electron chi connectivity index (χ4n) is 1.79. The Morgan fingerprint density at radius 3 is 2.47 bits per heavy atom. The van der Waals surface area contributed by atoms with E-state index in [1.807, 2.05) is 37.0 Å². The van der Waals surface area contributed by atoms with E-state index in [9.17, 15) is 0 Å². The Labute approximate surface area is 114 Å². The first-order valence-electron chi connectivity index (χ1n) is 6.58. The molecule has 0 aliphatic heterocycles. The van der Waals surface area contributed by atoms with Crippen LogP contribution in [0.25, 0.3) is 5.82 Å². The highest BCUT2D eigenvalue weighted by molar-refractivity contribution is 5.30. The lowest BCUT2D eigenvalue weighted by Gasteiger charge is -2.21. The smallest absolute Gasteiger partial charge is 0.153 e. The van der Waals surface area contributed by atoms with E-state index in [1.54, 1.807) is 0 Å². The number of nitrogens with zero attached hydrogens (tertiary/aromatic N) is 3. The molecule has 2 aromatic rings. The zero-order valence-electron chi connectivity index (χ0n) is 12.4. The first-order chi connectivity index (χ1) is 8.85. The molecule has 0 amide bonds. The summed E-state index contributed by atoms with van der Waals surface area (Å²) in [5, 5.41) is 7.76. The Morgan fingerprint density at radius 2 is 1.95 bits per heavy atom. The third-order valence-electron chi connectivity index (χ3n) is 2.94. The second-order valence-corrected chi connectivity index (χ2v) is 5.98. The predicted molar refractivity (Wildman–Crippen MR) is 77.4 cm³/mol. The van der Waals surface area contributed by atoms with Crippen molar-refractivity contribution >= 4 is 0 Å². The summed E-state index contributed by atoms with van der Waals surface area (Å²) in [5.41, 5.74) is 3.52. The van der Waals surface area contributed by atoms with Gasteiger partial charge in [0.1, 0.15) is 0 Å². The zero-order chi connectivity index (χ0) is 14.0. The van der Waals surface area contributed by atoms with Crippen LogP contribution in [-0.4, -0.2) is 20.3 Å². The van der Waals surface area contributed by atoms with Crippen LogP contribution >= 0.6 is 0 Å². The minimum absolute atomic E-state index is 0.115. The van der Waals surface area contributed by atoms with Crippen molar-refractivity contribution in [3.63, 3.8) is 0 Å². The Morgan fingerprint density at radius 1 is 1.21 bits per heavy atom. The first-order valence-corrected chi connectivity index (χ1v) is 6.58. The second kappa shape index (κ2) is 5.13. The van der Waals surface area contributed by atoms with Gasteiger partial charge in [-0.2, -0.15) is 5.10 Å². The first kappa shape index (κ1) is 13.7. The Kier molecular flexibility index (Phi) is 3.71. The Bertz CT molecular complexity index is 564. The van der Waals surface area contributed by atoms with E-state index in [1.165, 1.54) is 5.56 Å². The number of pyridine rings is 1. The maximum absolute atomic E-state index is 4.62. The van der Waals surface area contributed by atoms with Gasteiger partial charge in [0.05, 0.1) is 6.20 Å². The van der Waals surface area contributed by atoms with Crippen molar-refractivity contribution < 1.29 is 0 Å². The number of hydrogen-bond donors (Lipinski definition) is 1. The van der Waals surface area contributed by atoms with Crippen molar-refractivity contribution in [3.8, 4) is 5.82 Å². The van der Waals surface area contributed by atoms with E-state index in [-0.39, 0.29) is 5.54 Å². The maximum atomic E-state index is 4.62. The summed E-state index contributed by atoms with van der Waals surface area (Å²) in [4.78, 5) is 4.62. The summed E-state index contributed by atoms with van der Waals surface area (Å²) in [5.74, 6) is 0.866. The van der Waals surface area contributed by atoms with Gasteiger partial charge in [0.2, 0.25) is 0 Å². The van der Waals surface area contributed by atoms with Crippen molar-refractivity contribution in [2.75, 3.05) is 0 Å². The lowest BCUT2D eigenvalue weighted by Crippen LogP contribution is -2.35. The fourth-order valence-corrected chi connectivity index (χ4v) is 1.79. The summed E-state index contributed by atoms with van der Waals surface area (Å²) in [7, 11) is 0. The lowest BCUT2D eigenvalue weighted by atomic mass is 10.1. The predicted octanol–water partition coefficient (Wildman–Crippen LogP) is 2.77. The second-order valence-electron chi connectivity index (χ2n) is 5.98. The summed E-state index contributed by atoms with van der Waals surface area (Å²) in [6.45, 7) is 11.4. The molecule has 1 N–H and O–H groups in total. The van der Waals surface area contributed by atoms with Crippen molar-refractivity contribution in [1.82, 2.24) is 20.1 Å². The third-order valence-corrected chi connectivity index (χ3v) is 2.94. The Balaban J connectivity index is 2.18. The third kappa shape index (κ3) is 3.64. The van der Waals surface area contributed by atoms with E-state index in [2.05, 4.69) is 42.2 Å². The topological polar surface area (TPSA) is 42.7 Å². The van der Waals surface area contributed by atoms with Gasteiger partial charge in [-0.25, -0.2) is 9.67 Å². The lowest BCUT2D eigenvalue weighted by molar-refractivity contribution is 0.423. The van der Waals surface area contributed by atoms with Gasteiger partial charge in [-0.3, -0.25) is 0 Å².